The highest BCUT2D eigenvalue weighted by atomic mass is 15.0. The van der Waals surface area contributed by atoms with Gasteiger partial charge in [-0.2, -0.15) is 0 Å². The van der Waals surface area contributed by atoms with E-state index in [0.29, 0.717) is 0 Å². The summed E-state index contributed by atoms with van der Waals surface area (Å²) in [6, 6.07) is 43.8. The molecule has 0 spiro atoms. The van der Waals surface area contributed by atoms with Gasteiger partial charge in [0.15, 0.2) is 0 Å². The van der Waals surface area contributed by atoms with E-state index >= 15 is 0 Å². The Morgan fingerprint density at radius 2 is 0.938 bits per heavy atom. The van der Waals surface area contributed by atoms with Gasteiger partial charge in [-0.1, -0.05) is 96.6 Å². The van der Waals surface area contributed by atoms with Crippen molar-refractivity contribution in [3.8, 4) is 27.9 Å². The first-order valence-corrected chi connectivity index (χ1v) is 11.0. The molecule has 0 N–H and O–H groups in total. The molecule has 1 aromatic heterocycles. The minimum absolute atomic E-state index is 1.18. The van der Waals surface area contributed by atoms with Gasteiger partial charge >= 0.3 is 0 Å². The molecule has 6 aromatic rings. The molecule has 5 aromatic carbocycles. The number of hydrogen-bond donors (Lipinski definition) is 0. The number of hydrogen-bond acceptors (Lipinski definition) is 0. The lowest BCUT2D eigenvalue weighted by molar-refractivity contribution is 1.18. The largest absolute Gasteiger partial charge is 0.309 e. The minimum atomic E-state index is 1.18. The number of nitrogens with zero attached hydrogens (tertiary/aromatic N) is 1. The highest BCUT2D eigenvalue weighted by Crippen LogP contribution is 2.35. The van der Waals surface area contributed by atoms with Gasteiger partial charge < -0.3 is 4.57 Å². The zero-order valence-corrected chi connectivity index (χ0v) is 18.0. The molecule has 0 fully saturated rings. The van der Waals surface area contributed by atoms with Crippen LogP contribution in [-0.2, 0) is 0 Å². The zero-order valence-electron chi connectivity index (χ0n) is 18.0. The van der Waals surface area contributed by atoms with E-state index in [1.165, 1.54) is 55.3 Å². The van der Waals surface area contributed by atoms with E-state index in [4.69, 9.17) is 0 Å². The van der Waals surface area contributed by atoms with Crippen LogP contribution in [0.2, 0.25) is 0 Å². The summed E-state index contributed by atoms with van der Waals surface area (Å²) in [5.74, 6) is 0. The Bertz CT molecular complexity index is 1500. The molecule has 0 aliphatic carbocycles. The van der Waals surface area contributed by atoms with Crippen LogP contribution in [0.1, 0.15) is 5.56 Å². The maximum Gasteiger partial charge on any atom is 0.0541 e. The Labute approximate surface area is 188 Å². The average molecular weight is 410 g/mol. The molecule has 0 saturated carbocycles. The van der Waals surface area contributed by atoms with E-state index in [0.717, 1.165) is 0 Å². The van der Waals surface area contributed by atoms with Crippen LogP contribution in [0.25, 0.3) is 49.7 Å². The molecular formula is C31H23N. The van der Waals surface area contributed by atoms with Crippen molar-refractivity contribution in [1.29, 1.82) is 0 Å². The van der Waals surface area contributed by atoms with E-state index in [9.17, 15) is 0 Å². The molecule has 0 unspecified atom stereocenters. The third-order valence-corrected chi connectivity index (χ3v) is 6.25. The van der Waals surface area contributed by atoms with E-state index in [2.05, 4.69) is 133 Å². The van der Waals surface area contributed by atoms with E-state index in [-0.39, 0.29) is 0 Å². The molecule has 0 radical (unpaired) electrons. The van der Waals surface area contributed by atoms with Crippen molar-refractivity contribution in [2.75, 3.05) is 0 Å². The molecule has 1 nitrogen and oxygen atoms in total. The van der Waals surface area contributed by atoms with Crippen LogP contribution < -0.4 is 0 Å². The molecule has 0 amide bonds. The first-order chi connectivity index (χ1) is 15.8. The normalized spacial score (nSPS) is 11.3. The molecule has 0 atom stereocenters. The van der Waals surface area contributed by atoms with Gasteiger partial charge in [-0.15, -0.1) is 0 Å². The van der Waals surface area contributed by atoms with E-state index in [1.54, 1.807) is 0 Å². The second-order valence-corrected chi connectivity index (χ2v) is 8.37. The summed E-state index contributed by atoms with van der Waals surface area (Å²) in [5.41, 5.74) is 9.82. The van der Waals surface area contributed by atoms with Gasteiger partial charge in [-0.05, 0) is 59.5 Å². The fourth-order valence-electron chi connectivity index (χ4n) is 4.65. The molecule has 0 bridgehead atoms. The number of fused-ring (bicyclic) bond motifs is 3. The fourth-order valence-corrected chi connectivity index (χ4v) is 4.65. The number of para-hydroxylation sites is 2. The summed E-state index contributed by atoms with van der Waals surface area (Å²) in [4.78, 5) is 0. The summed E-state index contributed by atoms with van der Waals surface area (Å²) in [6.07, 6.45) is 0. The minimum Gasteiger partial charge on any atom is -0.309 e. The summed E-state index contributed by atoms with van der Waals surface area (Å²) in [7, 11) is 0. The molecule has 152 valence electrons. The third kappa shape index (κ3) is 3.11. The van der Waals surface area contributed by atoms with Gasteiger partial charge in [0, 0.05) is 16.5 Å². The van der Waals surface area contributed by atoms with Gasteiger partial charge in [0.05, 0.1) is 11.0 Å². The van der Waals surface area contributed by atoms with Gasteiger partial charge in [-0.25, -0.2) is 0 Å². The summed E-state index contributed by atoms with van der Waals surface area (Å²) < 4.78 is 2.40. The second kappa shape index (κ2) is 7.55. The SMILES string of the molecule is Cc1ccc(-c2cc(-c3ccccc3)cc(-n3c4ccccc4c4ccccc43)c2)cc1. The maximum atomic E-state index is 2.40. The number of rotatable bonds is 3. The summed E-state index contributed by atoms with van der Waals surface area (Å²) >= 11 is 0. The second-order valence-electron chi connectivity index (χ2n) is 8.37. The Balaban J connectivity index is 1.68. The molecular weight excluding hydrogens is 386 g/mol. The summed E-state index contributed by atoms with van der Waals surface area (Å²) in [5, 5.41) is 2.57. The zero-order chi connectivity index (χ0) is 21.5. The third-order valence-electron chi connectivity index (χ3n) is 6.25. The first kappa shape index (κ1) is 18.7. The van der Waals surface area contributed by atoms with Crippen LogP contribution in [0.4, 0.5) is 0 Å². The standard InChI is InChI=1S/C31H23N/c1-22-15-17-24(18-16-22)26-19-25(23-9-3-2-4-10-23)20-27(21-26)32-30-13-7-5-11-28(30)29-12-6-8-14-31(29)32/h2-21H,1H3. The quantitative estimate of drug-likeness (QED) is 0.276. The van der Waals surface area contributed by atoms with Crippen molar-refractivity contribution in [2.24, 2.45) is 0 Å². The highest BCUT2D eigenvalue weighted by Gasteiger charge is 2.13. The van der Waals surface area contributed by atoms with Crippen LogP contribution in [-0.4, -0.2) is 4.57 Å². The van der Waals surface area contributed by atoms with Crippen LogP contribution in [0, 0.1) is 6.92 Å². The van der Waals surface area contributed by atoms with Crippen molar-refractivity contribution < 1.29 is 0 Å². The smallest absolute Gasteiger partial charge is 0.0541 e. The lowest BCUT2D eigenvalue weighted by Gasteiger charge is -2.14. The molecule has 0 aliphatic heterocycles. The lowest BCUT2D eigenvalue weighted by atomic mass is 9.97. The Morgan fingerprint density at radius 1 is 0.438 bits per heavy atom. The van der Waals surface area contributed by atoms with Crippen molar-refractivity contribution in [1.82, 2.24) is 4.57 Å². The van der Waals surface area contributed by atoms with Crippen molar-refractivity contribution in [3.63, 3.8) is 0 Å². The Morgan fingerprint density at radius 3 is 1.53 bits per heavy atom. The fraction of sp³-hybridized carbons (Fsp3) is 0.0323. The van der Waals surface area contributed by atoms with Gasteiger partial charge in [-0.3, -0.25) is 0 Å². The van der Waals surface area contributed by atoms with E-state index < -0.39 is 0 Å². The topological polar surface area (TPSA) is 4.93 Å². The predicted octanol–water partition coefficient (Wildman–Crippen LogP) is 8.43. The number of aryl methyl sites for hydroxylation is 1. The van der Waals surface area contributed by atoms with Crippen LogP contribution in [0.3, 0.4) is 0 Å². The number of benzene rings is 5. The predicted molar refractivity (Wildman–Crippen MR) is 136 cm³/mol. The van der Waals surface area contributed by atoms with Crippen LogP contribution in [0.15, 0.2) is 121 Å². The van der Waals surface area contributed by atoms with Crippen LogP contribution in [0.5, 0.6) is 0 Å². The van der Waals surface area contributed by atoms with Crippen molar-refractivity contribution in [3.05, 3.63) is 127 Å². The molecule has 1 heterocycles. The van der Waals surface area contributed by atoms with Crippen LogP contribution >= 0.6 is 0 Å². The Hall–Kier alpha value is -4.10. The van der Waals surface area contributed by atoms with Crippen molar-refractivity contribution in [2.45, 2.75) is 6.92 Å². The first-order valence-electron chi connectivity index (χ1n) is 11.0. The van der Waals surface area contributed by atoms with Gasteiger partial charge in [0.1, 0.15) is 0 Å². The average Bonchev–Trinajstić information content (AvgIpc) is 3.19. The molecule has 1 heteroatoms. The van der Waals surface area contributed by atoms with Gasteiger partial charge in [0.2, 0.25) is 0 Å². The number of aromatic nitrogens is 1. The van der Waals surface area contributed by atoms with E-state index in [1.807, 2.05) is 0 Å². The lowest BCUT2D eigenvalue weighted by Crippen LogP contribution is -1.96. The Kier molecular flexibility index (Phi) is 4.40. The molecule has 0 saturated heterocycles. The highest BCUT2D eigenvalue weighted by molar-refractivity contribution is 6.09. The van der Waals surface area contributed by atoms with Crippen molar-refractivity contribution >= 4 is 21.8 Å². The maximum absolute atomic E-state index is 2.40. The summed E-state index contributed by atoms with van der Waals surface area (Å²) in [6.45, 7) is 2.13. The monoisotopic (exact) mass is 409 g/mol. The van der Waals surface area contributed by atoms with Gasteiger partial charge in [0.25, 0.3) is 0 Å². The molecule has 6 rings (SSSR count). The molecule has 0 aliphatic rings. The molecule has 32 heavy (non-hydrogen) atoms.